The number of aromatic amines is 1. The highest BCUT2D eigenvalue weighted by molar-refractivity contribution is 5.80. The lowest BCUT2D eigenvalue weighted by molar-refractivity contribution is 0.103. The average molecular weight is 469 g/mol. The summed E-state index contributed by atoms with van der Waals surface area (Å²) in [5.41, 5.74) is 1.28. The number of tetrazole rings is 1. The van der Waals surface area contributed by atoms with Crippen molar-refractivity contribution in [3.8, 4) is 5.75 Å². The fourth-order valence-corrected chi connectivity index (χ4v) is 5.13. The van der Waals surface area contributed by atoms with Crippen molar-refractivity contribution in [3.05, 3.63) is 46.0 Å². The number of benzene rings is 1. The number of nitrogens with one attached hydrogen (secondary N) is 1. The predicted molar refractivity (Wildman–Crippen MR) is 131 cm³/mol. The maximum Gasteiger partial charge on any atom is 0.252 e. The number of H-pyrrole nitrogens is 1. The molecule has 0 unspecified atom stereocenters. The van der Waals surface area contributed by atoms with E-state index in [1.165, 1.54) is 19.3 Å². The Morgan fingerprint density at radius 3 is 2.74 bits per heavy atom. The largest absolute Gasteiger partial charge is 0.494 e. The van der Waals surface area contributed by atoms with Crippen molar-refractivity contribution in [1.29, 1.82) is 0 Å². The van der Waals surface area contributed by atoms with Crippen molar-refractivity contribution in [1.82, 2.24) is 30.1 Å². The highest BCUT2D eigenvalue weighted by atomic mass is 16.5. The van der Waals surface area contributed by atoms with Gasteiger partial charge in [-0.2, -0.15) is 0 Å². The zero-order valence-corrected chi connectivity index (χ0v) is 20.4. The summed E-state index contributed by atoms with van der Waals surface area (Å²) in [6, 6.07) is 7.76. The van der Waals surface area contributed by atoms with Crippen molar-refractivity contribution in [2.24, 2.45) is 5.92 Å². The second-order valence-electron chi connectivity index (χ2n) is 9.46. The van der Waals surface area contributed by atoms with Crippen LogP contribution in [0.2, 0.25) is 0 Å². The molecule has 1 aliphatic rings. The Bertz CT molecular complexity index is 1140. The molecule has 1 aliphatic carbocycles. The highest BCUT2D eigenvalue weighted by Gasteiger charge is 2.32. The molecule has 34 heavy (non-hydrogen) atoms. The van der Waals surface area contributed by atoms with E-state index < -0.39 is 0 Å². The van der Waals surface area contributed by atoms with Crippen LogP contribution in [0.3, 0.4) is 0 Å². The van der Waals surface area contributed by atoms with Gasteiger partial charge in [-0.25, -0.2) is 4.68 Å². The maximum absolute atomic E-state index is 13.0. The summed E-state index contributed by atoms with van der Waals surface area (Å²) in [7, 11) is 0. The Morgan fingerprint density at radius 2 is 2.03 bits per heavy atom. The Labute approximate surface area is 200 Å². The molecular weight excluding hydrogens is 432 g/mol. The smallest absolute Gasteiger partial charge is 0.252 e. The summed E-state index contributed by atoms with van der Waals surface area (Å²) < 4.78 is 7.63. The van der Waals surface area contributed by atoms with Gasteiger partial charge in [-0.05, 0) is 60.4 Å². The van der Waals surface area contributed by atoms with Gasteiger partial charge in [0.2, 0.25) is 0 Å². The first-order valence-electron chi connectivity index (χ1n) is 12.4. The number of aliphatic hydroxyl groups is 1. The predicted octanol–water partition coefficient (Wildman–Crippen LogP) is 3.61. The number of rotatable bonds is 10. The summed E-state index contributed by atoms with van der Waals surface area (Å²) in [4.78, 5) is 18.1. The molecule has 0 bridgehead atoms. The van der Waals surface area contributed by atoms with E-state index in [0.29, 0.717) is 31.3 Å². The molecule has 0 radical (unpaired) electrons. The number of hydrogen-bond acceptors (Lipinski definition) is 7. The Balaban J connectivity index is 1.68. The zero-order valence-electron chi connectivity index (χ0n) is 20.4. The second-order valence-corrected chi connectivity index (χ2v) is 9.46. The van der Waals surface area contributed by atoms with E-state index in [0.717, 1.165) is 35.3 Å². The average Bonchev–Trinajstić information content (AvgIpc) is 3.30. The van der Waals surface area contributed by atoms with E-state index in [-0.39, 0.29) is 24.1 Å². The normalized spacial score (nSPS) is 15.9. The SMILES string of the molecule is CCOc1ccc2[nH]c(=O)c(CN(CCO)[C@H](c3nnnn3C3CCCCC3)C(C)C)cc2c1. The molecule has 2 heterocycles. The first-order valence-corrected chi connectivity index (χ1v) is 12.4. The van der Waals surface area contributed by atoms with Gasteiger partial charge in [0.15, 0.2) is 5.82 Å². The monoisotopic (exact) mass is 468 g/mol. The lowest BCUT2D eigenvalue weighted by Crippen LogP contribution is -2.38. The molecule has 9 heteroatoms. The fraction of sp³-hybridized carbons (Fsp3) is 0.600. The van der Waals surface area contributed by atoms with Crippen LogP contribution in [0.15, 0.2) is 29.1 Å². The quantitative estimate of drug-likeness (QED) is 0.468. The number of ether oxygens (including phenoxy) is 1. The summed E-state index contributed by atoms with van der Waals surface area (Å²) in [5, 5.41) is 23.6. The third kappa shape index (κ3) is 5.31. The van der Waals surface area contributed by atoms with Crippen LogP contribution in [0.1, 0.15) is 76.3 Å². The minimum atomic E-state index is -0.131. The van der Waals surface area contributed by atoms with Crippen molar-refractivity contribution in [2.45, 2.75) is 71.5 Å². The van der Waals surface area contributed by atoms with Crippen molar-refractivity contribution < 1.29 is 9.84 Å². The molecule has 1 atom stereocenters. The number of fused-ring (bicyclic) bond motifs is 1. The third-order valence-corrected chi connectivity index (χ3v) is 6.69. The van der Waals surface area contributed by atoms with Crippen LogP contribution < -0.4 is 10.3 Å². The van der Waals surface area contributed by atoms with Gasteiger partial charge in [0.1, 0.15) is 5.75 Å². The highest BCUT2D eigenvalue weighted by Crippen LogP contribution is 2.33. The van der Waals surface area contributed by atoms with Crippen molar-refractivity contribution in [2.75, 3.05) is 19.8 Å². The molecule has 3 aromatic rings. The van der Waals surface area contributed by atoms with E-state index in [4.69, 9.17) is 4.74 Å². The second kappa shape index (κ2) is 11.1. The summed E-state index contributed by atoms with van der Waals surface area (Å²) >= 11 is 0. The van der Waals surface area contributed by atoms with Crippen LogP contribution in [0.4, 0.5) is 0 Å². The van der Waals surface area contributed by atoms with E-state index in [2.05, 4.69) is 39.3 Å². The first-order chi connectivity index (χ1) is 16.5. The molecule has 2 aromatic heterocycles. The van der Waals surface area contributed by atoms with E-state index >= 15 is 0 Å². The molecule has 0 amide bonds. The Hall–Kier alpha value is -2.78. The number of hydrogen-bond donors (Lipinski definition) is 2. The zero-order chi connectivity index (χ0) is 24.1. The number of aromatic nitrogens is 5. The van der Waals surface area contributed by atoms with E-state index in [1.54, 1.807) is 0 Å². The molecule has 1 aromatic carbocycles. The summed E-state index contributed by atoms with van der Waals surface area (Å²) in [6.45, 7) is 7.57. The number of aliphatic hydroxyl groups excluding tert-OH is 1. The Morgan fingerprint density at radius 1 is 1.24 bits per heavy atom. The molecule has 1 saturated carbocycles. The van der Waals surface area contributed by atoms with Gasteiger partial charge in [0, 0.05) is 29.6 Å². The molecule has 1 fully saturated rings. The van der Waals surface area contributed by atoms with Gasteiger partial charge < -0.3 is 14.8 Å². The lowest BCUT2D eigenvalue weighted by Gasteiger charge is -2.34. The first kappa shape index (κ1) is 24.3. The van der Waals surface area contributed by atoms with Gasteiger partial charge in [-0.3, -0.25) is 9.69 Å². The lowest BCUT2D eigenvalue weighted by atomic mass is 9.94. The minimum absolute atomic E-state index is 0.0197. The number of pyridine rings is 1. The topological polar surface area (TPSA) is 109 Å². The van der Waals surface area contributed by atoms with Gasteiger partial charge in [0.25, 0.3) is 5.56 Å². The van der Waals surface area contributed by atoms with Gasteiger partial charge >= 0.3 is 0 Å². The molecule has 4 rings (SSSR count). The fourth-order valence-electron chi connectivity index (χ4n) is 5.13. The van der Waals surface area contributed by atoms with E-state index in [9.17, 15) is 9.90 Å². The van der Waals surface area contributed by atoms with Crippen molar-refractivity contribution >= 4 is 10.9 Å². The van der Waals surface area contributed by atoms with Crippen LogP contribution in [0, 0.1) is 5.92 Å². The maximum atomic E-state index is 13.0. The summed E-state index contributed by atoms with van der Waals surface area (Å²) in [5.74, 6) is 1.77. The van der Waals surface area contributed by atoms with Crippen LogP contribution in [0.25, 0.3) is 10.9 Å². The van der Waals surface area contributed by atoms with Gasteiger partial charge in [-0.15, -0.1) is 5.10 Å². The van der Waals surface area contributed by atoms with Crippen LogP contribution in [0.5, 0.6) is 5.75 Å². The van der Waals surface area contributed by atoms with Crippen LogP contribution in [-0.4, -0.2) is 55.0 Å². The van der Waals surface area contributed by atoms with Gasteiger partial charge in [0.05, 0.1) is 25.3 Å². The van der Waals surface area contributed by atoms with Crippen molar-refractivity contribution in [3.63, 3.8) is 0 Å². The van der Waals surface area contributed by atoms with E-state index in [1.807, 2.05) is 35.9 Å². The molecule has 0 saturated heterocycles. The molecule has 184 valence electrons. The molecule has 0 spiro atoms. The third-order valence-electron chi connectivity index (χ3n) is 6.69. The standard InChI is InChI=1S/C25H36N6O3/c1-4-34-21-10-11-22-18(15-21)14-19(25(33)26-22)16-30(12-13-32)23(17(2)3)24-27-28-29-31(24)20-8-6-5-7-9-20/h10-11,14-15,17,20,23,32H,4-9,12-13,16H2,1-3H3,(H,26,33)/t23-/m0/s1. The summed E-state index contributed by atoms with van der Waals surface area (Å²) in [6.07, 6.45) is 5.79. The molecule has 9 nitrogen and oxygen atoms in total. The van der Waals surface area contributed by atoms with Crippen LogP contribution in [-0.2, 0) is 6.54 Å². The molecule has 0 aliphatic heterocycles. The minimum Gasteiger partial charge on any atom is -0.494 e. The Kier molecular flexibility index (Phi) is 7.95. The van der Waals surface area contributed by atoms with Gasteiger partial charge in [-0.1, -0.05) is 33.1 Å². The molecular formula is C25H36N6O3. The van der Waals surface area contributed by atoms with Crippen LogP contribution >= 0.6 is 0 Å². The molecule has 2 N–H and O–H groups in total. The number of nitrogens with zero attached hydrogens (tertiary/aromatic N) is 5.